The van der Waals surface area contributed by atoms with Crippen molar-refractivity contribution in [3.8, 4) is 0 Å². The van der Waals surface area contributed by atoms with Gasteiger partial charge < -0.3 is 0 Å². The van der Waals surface area contributed by atoms with Crippen molar-refractivity contribution >= 4 is 5.78 Å². The van der Waals surface area contributed by atoms with Crippen LogP contribution in [0.1, 0.15) is 64.2 Å². The lowest BCUT2D eigenvalue weighted by Crippen LogP contribution is -2.14. The molecule has 0 unspecified atom stereocenters. The van der Waals surface area contributed by atoms with Crippen molar-refractivity contribution in [2.75, 3.05) is 0 Å². The molecule has 0 radical (unpaired) electrons. The van der Waals surface area contributed by atoms with E-state index in [4.69, 9.17) is 0 Å². The van der Waals surface area contributed by atoms with Gasteiger partial charge in [-0.05, 0) is 75.2 Å². The molecule has 0 aromatic carbocycles. The second-order valence-electron chi connectivity index (χ2n) is 6.61. The van der Waals surface area contributed by atoms with Crippen molar-refractivity contribution in [1.29, 1.82) is 0 Å². The van der Waals surface area contributed by atoms with Crippen molar-refractivity contribution in [1.82, 2.24) is 0 Å². The SMILES string of the molecule is O=C1CCC(/C=C/C2CCC(CCC=C(F)F)CC2)CC1. The maximum atomic E-state index is 12.0. The number of allylic oxidation sites excluding steroid dienone is 3. The summed E-state index contributed by atoms with van der Waals surface area (Å²) in [6.07, 6.45) is 13.9. The first-order valence-electron chi connectivity index (χ1n) is 8.34. The highest BCUT2D eigenvalue weighted by Crippen LogP contribution is 2.33. The third-order valence-electron chi connectivity index (χ3n) is 5.01. The molecule has 0 amide bonds. The Kier molecular flexibility index (Phi) is 6.59. The molecule has 0 aromatic heterocycles. The first-order valence-corrected chi connectivity index (χ1v) is 8.34. The third kappa shape index (κ3) is 6.11. The Balaban J connectivity index is 1.64. The maximum Gasteiger partial charge on any atom is 0.266 e. The van der Waals surface area contributed by atoms with Gasteiger partial charge in [0.05, 0.1) is 0 Å². The van der Waals surface area contributed by atoms with E-state index < -0.39 is 6.08 Å². The number of halogens is 2. The second kappa shape index (κ2) is 8.45. The largest absolute Gasteiger partial charge is 0.300 e. The minimum atomic E-state index is -1.54. The van der Waals surface area contributed by atoms with Gasteiger partial charge in [0.15, 0.2) is 0 Å². The lowest BCUT2D eigenvalue weighted by atomic mass is 9.79. The topological polar surface area (TPSA) is 17.1 Å². The van der Waals surface area contributed by atoms with Crippen LogP contribution >= 0.6 is 0 Å². The fourth-order valence-electron chi connectivity index (χ4n) is 3.57. The van der Waals surface area contributed by atoms with E-state index in [1.54, 1.807) is 0 Å². The molecule has 0 heterocycles. The molecule has 0 bridgehead atoms. The van der Waals surface area contributed by atoms with Crippen LogP contribution in [-0.2, 0) is 4.79 Å². The monoisotopic (exact) mass is 296 g/mol. The quantitative estimate of drug-likeness (QED) is 0.597. The van der Waals surface area contributed by atoms with Crippen LogP contribution in [0.2, 0.25) is 0 Å². The summed E-state index contributed by atoms with van der Waals surface area (Å²) in [5.41, 5.74) is 0. The molecule has 0 spiro atoms. The molecule has 0 saturated heterocycles. The van der Waals surface area contributed by atoms with Gasteiger partial charge in [-0.2, -0.15) is 8.78 Å². The van der Waals surface area contributed by atoms with Gasteiger partial charge in [-0.3, -0.25) is 4.79 Å². The summed E-state index contributed by atoms with van der Waals surface area (Å²) in [7, 11) is 0. The minimum Gasteiger partial charge on any atom is -0.300 e. The van der Waals surface area contributed by atoms with Gasteiger partial charge in [-0.15, -0.1) is 0 Å². The Labute approximate surface area is 126 Å². The van der Waals surface area contributed by atoms with Crippen LogP contribution in [0.25, 0.3) is 0 Å². The van der Waals surface area contributed by atoms with Crippen LogP contribution < -0.4 is 0 Å². The predicted octanol–water partition coefficient (Wildman–Crippen LogP) is 5.67. The molecule has 118 valence electrons. The Bertz CT molecular complexity index is 378. The summed E-state index contributed by atoms with van der Waals surface area (Å²) in [6, 6.07) is 0. The molecular weight excluding hydrogens is 270 g/mol. The van der Waals surface area contributed by atoms with Gasteiger partial charge in [-0.25, -0.2) is 0 Å². The fourth-order valence-corrected chi connectivity index (χ4v) is 3.57. The number of hydrogen-bond acceptors (Lipinski definition) is 1. The molecule has 21 heavy (non-hydrogen) atoms. The van der Waals surface area contributed by atoms with E-state index >= 15 is 0 Å². The Hall–Kier alpha value is -0.990. The minimum absolute atomic E-state index is 0.416. The van der Waals surface area contributed by atoms with Crippen LogP contribution in [0.3, 0.4) is 0 Å². The lowest BCUT2D eigenvalue weighted by Gasteiger charge is -2.27. The highest BCUT2D eigenvalue weighted by atomic mass is 19.3. The summed E-state index contributed by atoms with van der Waals surface area (Å²) in [4.78, 5) is 11.2. The molecule has 0 aliphatic heterocycles. The van der Waals surface area contributed by atoms with Gasteiger partial charge in [-0.1, -0.05) is 12.2 Å². The first-order chi connectivity index (χ1) is 10.1. The number of hydrogen-bond donors (Lipinski definition) is 0. The van der Waals surface area contributed by atoms with E-state index in [1.165, 1.54) is 25.7 Å². The maximum absolute atomic E-state index is 12.0. The smallest absolute Gasteiger partial charge is 0.266 e. The molecular formula is C18H26F2O. The van der Waals surface area contributed by atoms with Crippen LogP contribution in [-0.4, -0.2) is 5.78 Å². The van der Waals surface area contributed by atoms with Crippen LogP contribution in [0.4, 0.5) is 8.78 Å². The average molecular weight is 296 g/mol. The van der Waals surface area contributed by atoms with E-state index in [0.29, 0.717) is 30.0 Å². The zero-order chi connectivity index (χ0) is 15.1. The Morgan fingerprint density at radius 1 is 0.952 bits per heavy atom. The van der Waals surface area contributed by atoms with E-state index in [9.17, 15) is 13.6 Å². The van der Waals surface area contributed by atoms with Crippen molar-refractivity contribution in [3.63, 3.8) is 0 Å². The highest BCUT2D eigenvalue weighted by Gasteiger charge is 2.20. The highest BCUT2D eigenvalue weighted by molar-refractivity contribution is 5.79. The molecule has 2 rings (SSSR count). The van der Waals surface area contributed by atoms with Crippen LogP contribution in [0.15, 0.2) is 24.3 Å². The molecule has 3 heteroatoms. The summed E-state index contributed by atoms with van der Waals surface area (Å²) >= 11 is 0. The Morgan fingerprint density at radius 2 is 1.52 bits per heavy atom. The number of Topliss-reactive ketones (excluding diaryl/α,β-unsaturated/α-hetero) is 1. The normalized spacial score (nSPS) is 28.0. The van der Waals surface area contributed by atoms with Crippen molar-refractivity contribution in [2.45, 2.75) is 64.2 Å². The molecule has 2 saturated carbocycles. The predicted molar refractivity (Wildman–Crippen MR) is 81.1 cm³/mol. The number of carbonyl (C=O) groups is 1. The molecule has 2 aliphatic rings. The Morgan fingerprint density at radius 3 is 2.10 bits per heavy atom. The number of ketones is 1. The van der Waals surface area contributed by atoms with Gasteiger partial charge in [0, 0.05) is 12.8 Å². The summed E-state index contributed by atoms with van der Waals surface area (Å²) < 4.78 is 24.0. The van der Waals surface area contributed by atoms with E-state index in [1.807, 2.05) is 0 Å². The van der Waals surface area contributed by atoms with Crippen molar-refractivity contribution in [2.24, 2.45) is 17.8 Å². The van der Waals surface area contributed by atoms with Crippen LogP contribution in [0, 0.1) is 17.8 Å². The van der Waals surface area contributed by atoms with Gasteiger partial charge >= 0.3 is 0 Å². The number of rotatable bonds is 5. The molecule has 2 fully saturated rings. The molecule has 1 nitrogen and oxygen atoms in total. The summed E-state index contributed by atoms with van der Waals surface area (Å²) in [6.45, 7) is 0. The standard InChI is InChI=1S/C18H26F2O/c19-18(20)3-1-2-14-4-6-15(7-5-14)8-9-16-10-12-17(21)13-11-16/h3,8-9,14-16H,1-2,4-7,10-13H2/b9-8+. The molecule has 0 N–H and O–H groups in total. The van der Waals surface area contributed by atoms with Crippen LogP contribution in [0.5, 0.6) is 0 Å². The number of carbonyl (C=O) groups excluding carboxylic acids is 1. The van der Waals surface area contributed by atoms with Gasteiger partial charge in [0.25, 0.3) is 6.08 Å². The molecule has 0 aromatic rings. The van der Waals surface area contributed by atoms with Crippen molar-refractivity contribution in [3.05, 3.63) is 24.3 Å². The zero-order valence-corrected chi connectivity index (χ0v) is 12.7. The molecule has 0 atom stereocenters. The average Bonchev–Trinajstić information content (AvgIpc) is 2.48. The first kappa shape index (κ1) is 16.4. The fraction of sp³-hybridized carbons (Fsp3) is 0.722. The van der Waals surface area contributed by atoms with E-state index in [0.717, 1.165) is 38.2 Å². The van der Waals surface area contributed by atoms with Gasteiger partial charge in [0.1, 0.15) is 5.78 Å². The molecule has 2 aliphatic carbocycles. The second-order valence-corrected chi connectivity index (χ2v) is 6.61. The van der Waals surface area contributed by atoms with Gasteiger partial charge in [0.2, 0.25) is 0 Å². The third-order valence-corrected chi connectivity index (χ3v) is 5.01. The van der Waals surface area contributed by atoms with Crippen molar-refractivity contribution < 1.29 is 13.6 Å². The van der Waals surface area contributed by atoms with E-state index in [-0.39, 0.29) is 0 Å². The summed E-state index contributed by atoms with van der Waals surface area (Å²) in [5.74, 6) is 2.29. The summed E-state index contributed by atoms with van der Waals surface area (Å²) in [5, 5.41) is 0. The lowest BCUT2D eigenvalue weighted by molar-refractivity contribution is -0.120. The zero-order valence-electron chi connectivity index (χ0n) is 12.7. The van der Waals surface area contributed by atoms with E-state index in [2.05, 4.69) is 12.2 Å².